The van der Waals surface area contributed by atoms with Gasteiger partial charge in [0.2, 0.25) is 0 Å². The summed E-state index contributed by atoms with van der Waals surface area (Å²) in [5.41, 5.74) is 31.2. The zero-order valence-corrected chi connectivity index (χ0v) is 54.4. The maximum atomic E-state index is 7.89. The predicted molar refractivity (Wildman–Crippen MR) is 364 cm³/mol. The van der Waals surface area contributed by atoms with Gasteiger partial charge >= 0.3 is 0 Å². The van der Waals surface area contributed by atoms with Crippen LogP contribution >= 0.6 is 0 Å². The maximum Gasteiger partial charge on any atom is 0.0706 e. The predicted octanol–water partition coefficient (Wildman–Crippen LogP) is 21.9. The van der Waals surface area contributed by atoms with Crippen LogP contribution in [0.25, 0.3) is 33.4 Å². The maximum absolute atomic E-state index is 7.89. The average Bonchev–Trinajstić information content (AvgIpc) is 3.51. The van der Waals surface area contributed by atoms with E-state index in [4.69, 9.17) is 5.73 Å². The van der Waals surface area contributed by atoms with Gasteiger partial charge in [-0.25, -0.2) is 0 Å². The molecule has 1 aliphatic carbocycles. The third-order valence-electron chi connectivity index (χ3n) is 17.5. The minimum Gasteiger partial charge on any atom is -0.317 e. The molecule has 0 aliphatic heterocycles. The number of rotatable bonds is 13. The summed E-state index contributed by atoms with van der Waals surface area (Å²) in [7, 11) is 0. The molecule has 0 saturated heterocycles. The molecule has 7 aromatic carbocycles. The Morgan fingerprint density at radius 3 is 1.23 bits per heavy atom. The van der Waals surface area contributed by atoms with Gasteiger partial charge in [0.1, 0.15) is 0 Å². The Labute approximate surface area is 503 Å². The third-order valence-corrected chi connectivity index (χ3v) is 17.5. The number of nitrogens with two attached hydrogens (primary N) is 1. The second kappa shape index (κ2) is 23.3. The molecule has 1 nitrogen and oxygen atoms in total. The van der Waals surface area contributed by atoms with Crippen LogP contribution in [0.2, 0.25) is 0 Å². The van der Waals surface area contributed by atoms with Crippen molar-refractivity contribution in [3.8, 4) is 22.3 Å². The fraction of sp³-hybridized carbons (Fsp3) is 0.366. The summed E-state index contributed by atoms with van der Waals surface area (Å²) in [5.74, 6) is 0. The van der Waals surface area contributed by atoms with Crippen molar-refractivity contribution < 1.29 is 0 Å². The Bertz CT molecular complexity index is 3460. The van der Waals surface area contributed by atoms with Gasteiger partial charge in [0, 0.05) is 5.41 Å². The molecule has 7 aromatic rings. The second-order valence-corrected chi connectivity index (χ2v) is 30.7. The number of benzene rings is 7. The lowest BCUT2D eigenvalue weighted by Gasteiger charge is -2.33. The molecule has 0 bridgehead atoms. The number of hydrogen-bond donors (Lipinski definition) is 1. The summed E-state index contributed by atoms with van der Waals surface area (Å²) in [6.07, 6.45) is 18.2. The van der Waals surface area contributed by atoms with Crippen molar-refractivity contribution in [1.82, 2.24) is 0 Å². The van der Waals surface area contributed by atoms with Crippen LogP contribution in [-0.2, 0) is 56.3 Å². The number of allylic oxidation sites excluding steroid dienone is 9. The van der Waals surface area contributed by atoms with Gasteiger partial charge < -0.3 is 5.73 Å². The molecular formula is C82H99N. The van der Waals surface area contributed by atoms with Crippen LogP contribution < -0.4 is 5.73 Å². The zero-order chi connectivity index (χ0) is 60.7. The van der Waals surface area contributed by atoms with E-state index in [-0.39, 0.29) is 37.9 Å². The standard InChI is InChI=1S/C82H99N/c1-21-23-58(64-46-68(75(2,3)4)50-69(47-64)76(5,6)7)25-22-24-56-28-38-66(39-29-56)82(83,67-40-36-61(37-41-67)60-32-34-62(35-33-60)65-48-70(77(8,9)10)51-71(49-65)78(11,12)13)55-57-26-30-59(31-27-57)63-42-44-81(20,45-43-63)74-53-72(79(14,15)16)52-73(54-74)80(17,18)19/h21-23,25-44,46-54H,1,24,45,55,83H2,2-20H3/b25-22-,58-23+. The van der Waals surface area contributed by atoms with E-state index in [0.29, 0.717) is 6.42 Å². The van der Waals surface area contributed by atoms with E-state index in [1.54, 1.807) is 0 Å². The third kappa shape index (κ3) is 14.8. The Kier molecular flexibility index (Phi) is 17.5. The molecule has 0 radical (unpaired) electrons. The smallest absolute Gasteiger partial charge is 0.0706 e. The van der Waals surface area contributed by atoms with E-state index >= 15 is 0 Å². The topological polar surface area (TPSA) is 26.0 Å². The first kappa shape index (κ1) is 62.3. The fourth-order valence-electron chi connectivity index (χ4n) is 11.3. The van der Waals surface area contributed by atoms with E-state index < -0.39 is 5.54 Å². The first-order valence-electron chi connectivity index (χ1n) is 30.6. The molecule has 0 aromatic heterocycles. The van der Waals surface area contributed by atoms with Gasteiger partial charge in [0.15, 0.2) is 0 Å². The van der Waals surface area contributed by atoms with Crippen LogP contribution in [0.3, 0.4) is 0 Å². The van der Waals surface area contributed by atoms with Gasteiger partial charge in [-0.05, 0) is 157 Å². The van der Waals surface area contributed by atoms with Crippen molar-refractivity contribution in [3.05, 3.63) is 273 Å². The van der Waals surface area contributed by atoms with Crippen molar-refractivity contribution >= 4 is 11.1 Å². The van der Waals surface area contributed by atoms with E-state index in [1.807, 2.05) is 6.08 Å². The molecule has 0 saturated carbocycles. The van der Waals surface area contributed by atoms with Gasteiger partial charge in [-0.3, -0.25) is 0 Å². The molecule has 0 amide bonds. The molecule has 2 N–H and O–H groups in total. The minimum absolute atomic E-state index is 0.0271. The van der Waals surface area contributed by atoms with E-state index in [9.17, 15) is 0 Å². The van der Waals surface area contributed by atoms with E-state index in [2.05, 4.69) is 326 Å². The molecule has 0 heterocycles. The molecule has 1 aliphatic rings. The van der Waals surface area contributed by atoms with Crippen molar-refractivity contribution in [2.24, 2.45) is 5.73 Å². The normalized spacial score (nSPS) is 16.5. The SMILES string of the molecule is C=C/C=C(\C=C/Cc1ccc(C(N)(Cc2ccc(C3=CCC(C)(c4cc(C(C)(C)C)cc(C(C)(C)C)c4)C=C3)cc2)c2ccc(-c3ccc(-c4cc(C(C)(C)C)cc(C(C)(C)C)c4)cc3)cc2)cc1)c1cc(C(C)(C)C)cc(C(C)(C)C)c1. The monoisotopic (exact) mass is 1100 g/mol. The molecule has 0 spiro atoms. The van der Waals surface area contributed by atoms with Crippen molar-refractivity contribution in [3.63, 3.8) is 0 Å². The second-order valence-electron chi connectivity index (χ2n) is 30.7. The lowest BCUT2D eigenvalue weighted by Crippen LogP contribution is -2.40. The van der Waals surface area contributed by atoms with Crippen LogP contribution in [0.5, 0.6) is 0 Å². The highest BCUT2D eigenvalue weighted by Crippen LogP contribution is 2.42. The molecule has 0 fully saturated rings. The van der Waals surface area contributed by atoms with Crippen LogP contribution in [0.15, 0.2) is 201 Å². The van der Waals surface area contributed by atoms with Gasteiger partial charge in [0.25, 0.3) is 0 Å². The Morgan fingerprint density at radius 1 is 0.446 bits per heavy atom. The highest BCUT2D eigenvalue weighted by molar-refractivity contribution is 5.78. The van der Waals surface area contributed by atoms with Crippen LogP contribution in [0.4, 0.5) is 0 Å². The quantitative estimate of drug-likeness (QED) is 0.114. The average molecular weight is 1100 g/mol. The molecule has 1 heteroatoms. The zero-order valence-electron chi connectivity index (χ0n) is 54.4. The van der Waals surface area contributed by atoms with Gasteiger partial charge in [0.05, 0.1) is 5.54 Å². The minimum atomic E-state index is -0.802. The summed E-state index contributed by atoms with van der Waals surface area (Å²) in [6.45, 7) is 48.0. The highest BCUT2D eigenvalue weighted by Gasteiger charge is 2.33. The van der Waals surface area contributed by atoms with Crippen molar-refractivity contribution in [2.75, 3.05) is 0 Å². The van der Waals surface area contributed by atoms with Gasteiger partial charge in [-0.1, -0.05) is 332 Å². The Hall–Kier alpha value is -6.80. The van der Waals surface area contributed by atoms with Crippen LogP contribution in [-0.4, -0.2) is 0 Å². The summed E-state index contributed by atoms with van der Waals surface area (Å²) < 4.78 is 0. The van der Waals surface area contributed by atoms with Gasteiger partial charge in [-0.15, -0.1) is 0 Å². The van der Waals surface area contributed by atoms with Crippen LogP contribution in [0, 0.1) is 0 Å². The van der Waals surface area contributed by atoms with Crippen LogP contribution in [0.1, 0.15) is 210 Å². The molecule has 2 unspecified atom stereocenters. The Balaban J connectivity index is 1.08. The molecule has 432 valence electrons. The van der Waals surface area contributed by atoms with E-state index in [0.717, 1.165) is 29.5 Å². The summed E-state index contributed by atoms with van der Waals surface area (Å²) in [6, 6.07) is 57.8. The summed E-state index contributed by atoms with van der Waals surface area (Å²) in [4.78, 5) is 0. The number of hydrogen-bond acceptors (Lipinski definition) is 1. The molecule has 2 atom stereocenters. The van der Waals surface area contributed by atoms with E-state index in [1.165, 1.54) is 89.0 Å². The first-order valence-corrected chi connectivity index (χ1v) is 30.6. The highest BCUT2D eigenvalue weighted by atomic mass is 14.7. The molecule has 83 heavy (non-hydrogen) atoms. The molecular weight excluding hydrogens is 999 g/mol. The lowest BCUT2D eigenvalue weighted by atomic mass is 9.71. The summed E-state index contributed by atoms with van der Waals surface area (Å²) in [5, 5.41) is 0. The van der Waals surface area contributed by atoms with Gasteiger partial charge in [-0.2, -0.15) is 0 Å². The fourth-order valence-corrected chi connectivity index (χ4v) is 11.3. The first-order chi connectivity index (χ1) is 38.5. The Morgan fingerprint density at radius 2 is 0.819 bits per heavy atom. The molecule has 8 rings (SSSR count). The summed E-state index contributed by atoms with van der Waals surface area (Å²) >= 11 is 0. The largest absolute Gasteiger partial charge is 0.317 e. The van der Waals surface area contributed by atoms with Crippen molar-refractivity contribution in [2.45, 2.75) is 194 Å². The lowest BCUT2D eigenvalue weighted by molar-refractivity contribution is 0.535. The van der Waals surface area contributed by atoms with Crippen molar-refractivity contribution in [1.29, 1.82) is 0 Å².